The molecule has 0 bridgehead atoms. The molecule has 1 aromatic carbocycles. The number of rotatable bonds is 5. The Labute approximate surface area is 127 Å². The minimum atomic E-state index is 0.132. The Morgan fingerprint density at radius 1 is 1.29 bits per heavy atom. The Balaban J connectivity index is 2.04. The quantitative estimate of drug-likeness (QED) is 0.662. The summed E-state index contributed by atoms with van der Waals surface area (Å²) in [6.07, 6.45) is 8.36. The van der Waals surface area contributed by atoms with Gasteiger partial charge in [-0.2, -0.15) is 0 Å². The van der Waals surface area contributed by atoms with Crippen molar-refractivity contribution in [2.45, 2.75) is 45.6 Å². The summed E-state index contributed by atoms with van der Waals surface area (Å²) in [7, 11) is 0. The number of benzene rings is 1. The van der Waals surface area contributed by atoms with Crippen molar-refractivity contribution in [2.24, 2.45) is 5.92 Å². The van der Waals surface area contributed by atoms with Crippen molar-refractivity contribution in [1.82, 2.24) is 4.90 Å². The van der Waals surface area contributed by atoms with Crippen LogP contribution in [0.4, 0.5) is 5.69 Å². The molecular weight excluding hydrogens is 260 g/mol. The molecule has 0 spiro atoms. The van der Waals surface area contributed by atoms with E-state index >= 15 is 0 Å². The molecule has 2 N–H and O–H groups in total. The number of nitrogen functional groups attached to an aromatic ring is 1. The maximum atomic E-state index is 12.5. The number of nitrogens with zero attached hydrogens (tertiary/aromatic N) is 1. The highest BCUT2D eigenvalue weighted by Gasteiger charge is 2.25. The number of nitrogens with two attached hydrogens (primary N) is 1. The first kappa shape index (κ1) is 15.6. The Bertz CT molecular complexity index is 484. The molecule has 21 heavy (non-hydrogen) atoms. The smallest absolute Gasteiger partial charge is 0.246 e. The van der Waals surface area contributed by atoms with Gasteiger partial charge in [0.05, 0.1) is 0 Å². The third-order valence-electron chi connectivity index (χ3n) is 3.97. The number of amides is 1. The molecule has 3 nitrogen and oxygen atoms in total. The van der Waals surface area contributed by atoms with Gasteiger partial charge in [-0.05, 0) is 42.5 Å². The topological polar surface area (TPSA) is 46.3 Å². The van der Waals surface area contributed by atoms with Gasteiger partial charge in [0.1, 0.15) is 0 Å². The Morgan fingerprint density at radius 3 is 2.48 bits per heavy atom. The van der Waals surface area contributed by atoms with E-state index in [4.69, 9.17) is 5.73 Å². The van der Waals surface area contributed by atoms with E-state index < -0.39 is 0 Å². The second kappa shape index (κ2) is 7.30. The molecule has 0 heterocycles. The third-order valence-corrected chi connectivity index (χ3v) is 3.97. The van der Waals surface area contributed by atoms with E-state index in [2.05, 4.69) is 18.7 Å². The first-order valence-electron chi connectivity index (χ1n) is 7.90. The minimum Gasteiger partial charge on any atom is -0.399 e. The van der Waals surface area contributed by atoms with E-state index in [0.717, 1.165) is 30.6 Å². The first-order chi connectivity index (χ1) is 10.1. The van der Waals surface area contributed by atoms with Crippen LogP contribution in [0.25, 0.3) is 6.08 Å². The summed E-state index contributed by atoms with van der Waals surface area (Å²) in [6, 6.07) is 8.00. The largest absolute Gasteiger partial charge is 0.399 e. The van der Waals surface area contributed by atoms with Crippen LogP contribution in [0, 0.1) is 5.92 Å². The van der Waals surface area contributed by atoms with Gasteiger partial charge in [0, 0.05) is 24.4 Å². The minimum absolute atomic E-state index is 0.132. The summed E-state index contributed by atoms with van der Waals surface area (Å²) in [4.78, 5) is 14.6. The zero-order valence-electron chi connectivity index (χ0n) is 13.1. The lowest BCUT2D eigenvalue weighted by molar-refractivity contribution is -0.128. The van der Waals surface area contributed by atoms with E-state index in [-0.39, 0.29) is 5.91 Å². The Hall–Kier alpha value is -1.77. The number of hydrogen-bond acceptors (Lipinski definition) is 2. The van der Waals surface area contributed by atoms with Crippen molar-refractivity contribution in [3.8, 4) is 0 Å². The molecule has 0 aromatic heterocycles. The molecule has 114 valence electrons. The molecule has 0 aliphatic heterocycles. The highest BCUT2D eigenvalue weighted by Crippen LogP contribution is 2.24. The van der Waals surface area contributed by atoms with E-state index in [1.807, 2.05) is 30.3 Å². The number of hydrogen-bond donors (Lipinski definition) is 1. The van der Waals surface area contributed by atoms with Gasteiger partial charge in [-0.25, -0.2) is 0 Å². The van der Waals surface area contributed by atoms with Gasteiger partial charge in [0.2, 0.25) is 5.91 Å². The fourth-order valence-electron chi connectivity index (χ4n) is 2.90. The second-order valence-electron chi connectivity index (χ2n) is 6.32. The number of carbonyl (C=O) groups excluding carboxylic acids is 1. The molecular formula is C18H26N2O. The van der Waals surface area contributed by atoms with Crippen molar-refractivity contribution >= 4 is 17.7 Å². The second-order valence-corrected chi connectivity index (χ2v) is 6.32. The van der Waals surface area contributed by atoms with Crippen LogP contribution in [0.15, 0.2) is 30.3 Å². The van der Waals surface area contributed by atoms with Gasteiger partial charge >= 0.3 is 0 Å². The molecule has 1 aromatic rings. The summed E-state index contributed by atoms with van der Waals surface area (Å²) < 4.78 is 0. The molecule has 1 aliphatic carbocycles. The average Bonchev–Trinajstić information content (AvgIpc) is 2.97. The summed E-state index contributed by atoms with van der Waals surface area (Å²) >= 11 is 0. The van der Waals surface area contributed by atoms with Gasteiger partial charge in [0.25, 0.3) is 0 Å². The highest BCUT2D eigenvalue weighted by atomic mass is 16.2. The SMILES string of the molecule is CC(C)CN(C(=O)/C=C/c1ccc(N)cc1)C1CCCC1. The van der Waals surface area contributed by atoms with Crippen LogP contribution in [0.5, 0.6) is 0 Å². The van der Waals surface area contributed by atoms with Crippen molar-refractivity contribution in [1.29, 1.82) is 0 Å². The van der Waals surface area contributed by atoms with E-state index in [9.17, 15) is 4.79 Å². The highest BCUT2D eigenvalue weighted by molar-refractivity contribution is 5.92. The molecule has 1 aliphatic rings. The normalized spacial score (nSPS) is 16.0. The van der Waals surface area contributed by atoms with Crippen LogP contribution in [0.1, 0.15) is 45.1 Å². The molecule has 1 fully saturated rings. The lowest BCUT2D eigenvalue weighted by Crippen LogP contribution is -2.40. The van der Waals surface area contributed by atoms with Crippen LogP contribution in [-0.4, -0.2) is 23.4 Å². The van der Waals surface area contributed by atoms with Crippen LogP contribution < -0.4 is 5.73 Å². The summed E-state index contributed by atoms with van der Waals surface area (Å²) in [5.41, 5.74) is 7.42. The molecule has 1 amide bonds. The molecule has 0 saturated heterocycles. The van der Waals surface area contributed by atoms with Gasteiger partial charge in [-0.1, -0.05) is 38.8 Å². The lowest BCUT2D eigenvalue weighted by atomic mass is 10.1. The van der Waals surface area contributed by atoms with E-state index in [1.165, 1.54) is 12.8 Å². The zero-order valence-corrected chi connectivity index (χ0v) is 13.1. The van der Waals surface area contributed by atoms with Crippen LogP contribution in [-0.2, 0) is 4.79 Å². The Kier molecular flexibility index (Phi) is 5.43. The third kappa shape index (κ3) is 4.62. The molecule has 2 rings (SSSR count). The molecule has 1 saturated carbocycles. The fourth-order valence-corrected chi connectivity index (χ4v) is 2.90. The molecule has 3 heteroatoms. The van der Waals surface area contributed by atoms with Crippen molar-refractivity contribution in [2.75, 3.05) is 12.3 Å². The predicted octanol–water partition coefficient (Wildman–Crippen LogP) is 3.71. The molecule has 0 atom stereocenters. The van der Waals surface area contributed by atoms with E-state index in [0.29, 0.717) is 12.0 Å². The van der Waals surface area contributed by atoms with Gasteiger partial charge in [-0.3, -0.25) is 4.79 Å². The predicted molar refractivity (Wildman–Crippen MR) is 88.7 cm³/mol. The van der Waals surface area contributed by atoms with Gasteiger partial charge in [0.15, 0.2) is 0 Å². The van der Waals surface area contributed by atoms with Crippen molar-refractivity contribution in [3.63, 3.8) is 0 Å². The monoisotopic (exact) mass is 286 g/mol. The Morgan fingerprint density at radius 2 is 1.90 bits per heavy atom. The summed E-state index contributed by atoms with van der Waals surface area (Å²) in [6.45, 7) is 5.17. The average molecular weight is 286 g/mol. The van der Waals surface area contributed by atoms with Crippen LogP contribution in [0.2, 0.25) is 0 Å². The lowest BCUT2D eigenvalue weighted by Gasteiger charge is -2.29. The molecule has 0 radical (unpaired) electrons. The zero-order chi connectivity index (χ0) is 15.2. The maximum Gasteiger partial charge on any atom is 0.246 e. The number of carbonyl (C=O) groups is 1. The van der Waals surface area contributed by atoms with Crippen LogP contribution >= 0.6 is 0 Å². The maximum absolute atomic E-state index is 12.5. The first-order valence-corrected chi connectivity index (χ1v) is 7.90. The summed E-state index contributed by atoms with van der Waals surface area (Å²) in [5, 5.41) is 0. The van der Waals surface area contributed by atoms with Gasteiger partial charge < -0.3 is 10.6 Å². The number of anilines is 1. The standard InChI is InChI=1S/C18H26N2O/c1-14(2)13-20(17-5-3-4-6-17)18(21)12-9-15-7-10-16(19)11-8-15/h7-12,14,17H,3-6,13,19H2,1-2H3/b12-9+. The van der Waals surface area contributed by atoms with Crippen molar-refractivity contribution < 1.29 is 4.79 Å². The molecule has 0 unspecified atom stereocenters. The van der Waals surface area contributed by atoms with Gasteiger partial charge in [-0.15, -0.1) is 0 Å². The fraction of sp³-hybridized carbons (Fsp3) is 0.500. The summed E-state index contributed by atoms with van der Waals surface area (Å²) in [5.74, 6) is 0.631. The van der Waals surface area contributed by atoms with Crippen LogP contribution in [0.3, 0.4) is 0 Å². The van der Waals surface area contributed by atoms with Crippen molar-refractivity contribution in [3.05, 3.63) is 35.9 Å². The van der Waals surface area contributed by atoms with E-state index in [1.54, 1.807) is 6.08 Å².